The van der Waals surface area contributed by atoms with Crippen molar-refractivity contribution in [1.29, 1.82) is 0 Å². The minimum Gasteiger partial charge on any atom is -0.494 e. The molecule has 5 nitrogen and oxygen atoms in total. The van der Waals surface area contributed by atoms with Crippen molar-refractivity contribution in [1.82, 2.24) is 10.2 Å². The van der Waals surface area contributed by atoms with E-state index in [4.69, 9.17) is 4.74 Å². The van der Waals surface area contributed by atoms with E-state index in [0.29, 0.717) is 18.9 Å². The fourth-order valence-electron chi connectivity index (χ4n) is 7.09. The Morgan fingerprint density at radius 2 is 1.58 bits per heavy atom. The Hall–Kier alpha value is -2.04. The van der Waals surface area contributed by atoms with Gasteiger partial charge in [0.15, 0.2) is 0 Å². The highest BCUT2D eigenvalue weighted by atomic mass is 16.5. The van der Waals surface area contributed by atoms with E-state index in [1.165, 1.54) is 19.3 Å². The van der Waals surface area contributed by atoms with E-state index in [9.17, 15) is 9.59 Å². The van der Waals surface area contributed by atoms with Crippen LogP contribution in [0, 0.1) is 23.2 Å². The molecule has 1 aliphatic heterocycles. The molecule has 0 atom stereocenters. The summed E-state index contributed by atoms with van der Waals surface area (Å²) in [5.74, 6) is 3.77. The van der Waals surface area contributed by atoms with Gasteiger partial charge in [0.2, 0.25) is 11.8 Å². The van der Waals surface area contributed by atoms with Crippen molar-refractivity contribution >= 4 is 11.8 Å². The van der Waals surface area contributed by atoms with Crippen LogP contribution < -0.4 is 10.1 Å². The third-order valence-corrected chi connectivity index (χ3v) is 8.25. The summed E-state index contributed by atoms with van der Waals surface area (Å²) >= 11 is 0. The van der Waals surface area contributed by atoms with Gasteiger partial charge in [0.05, 0.1) is 6.61 Å². The molecule has 0 radical (unpaired) electrons. The maximum atomic E-state index is 13.3. The number of nitrogens with one attached hydrogen (secondary N) is 1. The maximum Gasteiger partial charge on any atom is 0.226 e. The zero-order valence-corrected chi connectivity index (χ0v) is 18.6. The Bertz CT molecular complexity index is 750. The number of nitrogens with zero attached hydrogens (tertiary/aromatic N) is 1. The molecule has 1 heterocycles. The topological polar surface area (TPSA) is 58.6 Å². The van der Waals surface area contributed by atoms with Crippen molar-refractivity contribution in [3.63, 3.8) is 0 Å². The number of hydrogen-bond donors (Lipinski definition) is 1. The van der Waals surface area contributed by atoms with Gasteiger partial charge in [-0.3, -0.25) is 9.59 Å². The Balaban J connectivity index is 1.03. The van der Waals surface area contributed by atoms with Crippen molar-refractivity contribution in [3.05, 3.63) is 30.3 Å². The zero-order chi connectivity index (χ0) is 21.3. The second-order valence-corrected chi connectivity index (χ2v) is 10.6. The Morgan fingerprint density at radius 1 is 0.968 bits per heavy atom. The first-order chi connectivity index (χ1) is 15.1. The van der Waals surface area contributed by atoms with E-state index in [0.717, 1.165) is 75.1 Å². The number of piperidine rings is 1. The number of likely N-dealkylation sites (tertiary alicyclic amines) is 1. The van der Waals surface area contributed by atoms with Crippen molar-refractivity contribution in [3.8, 4) is 5.75 Å². The molecule has 1 aromatic rings. The van der Waals surface area contributed by atoms with Crippen LogP contribution in [0.4, 0.5) is 0 Å². The van der Waals surface area contributed by atoms with Crippen molar-refractivity contribution in [2.75, 3.05) is 19.7 Å². The molecule has 1 saturated heterocycles. The quantitative estimate of drug-likeness (QED) is 0.669. The normalized spacial score (nSPS) is 32.1. The molecule has 0 unspecified atom stereocenters. The molecule has 6 rings (SSSR count). The second kappa shape index (κ2) is 8.84. The summed E-state index contributed by atoms with van der Waals surface area (Å²) in [7, 11) is 0. The zero-order valence-electron chi connectivity index (χ0n) is 18.6. The molecule has 5 aliphatic rings. The van der Waals surface area contributed by atoms with E-state index in [1.54, 1.807) is 0 Å². The van der Waals surface area contributed by atoms with Crippen molar-refractivity contribution in [2.24, 2.45) is 23.2 Å². The highest BCUT2D eigenvalue weighted by Gasteiger charge is 2.54. The van der Waals surface area contributed by atoms with Crippen LogP contribution in [0.5, 0.6) is 5.75 Å². The minimum absolute atomic E-state index is 0.0690. The molecule has 5 heteroatoms. The first-order valence-corrected chi connectivity index (χ1v) is 12.4. The van der Waals surface area contributed by atoms with Gasteiger partial charge in [0.25, 0.3) is 0 Å². The first-order valence-electron chi connectivity index (χ1n) is 12.4. The largest absolute Gasteiger partial charge is 0.494 e. The highest BCUT2D eigenvalue weighted by Crippen LogP contribution is 2.60. The summed E-state index contributed by atoms with van der Waals surface area (Å²) in [4.78, 5) is 27.8. The average molecular weight is 425 g/mol. The van der Waals surface area contributed by atoms with Crippen LogP contribution in [0.25, 0.3) is 0 Å². The predicted octanol–water partition coefficient (Wildman–Crippen LogP) is 4.17. The Labute approximate surface area is 185 Å². The highest BCUT2D eigenvalue weighted by molar-refractivity contribution is 5.83. The second-order valence-electron chi connectivity index (χ2n) is 10.6. The predicted molar refractivity (Wildman–Crippen MR) is 120 cm³/mol. The van der Waals surface area contributed by atoms with Crippen LogP contribution in [-0.2, 0) is 9.59 Å². The molecule has 168 valence electrons. The van der Waals surface area contributed by atoms with Gasteiger partial charge in [-0.25, -0.2) is 0 Å². The lowest BCUT2D eigenvalue weighted by molar-refractivity contribution is -0.147. The lowest BCUT2D eigenvalue weighted by Crippen LogP contribution is -2.56. The summed E-state index contributed by atoms with van der Waals surface area (Å²) in [6.45, 7) is 2.07. The number of benzene rings is 1. The minimum atomic E-state index is -0.0690. The van der Waals surface area contributed by atoms with E-state index in [2.05, 4.69) is 5.32 Å². The monoisotopic (exact) mass is 424 g/mol. The van der Waals surface area contributed by atoms with Gasteiger partial charge in [0.1, 0.15) is 5.75 Å². The molecule has 1 aromatic carbocycles. The molecular weight excluding hydrogens is 388 g/mol. The average Bonchev–Trinajstić information content (AvgIpc) is 2.77. The number of ether oxygens (including phenoxy) is 1. The number of rotatable bonds is 7. The maximum absolute atomic E-state index is 13.3. The molecule has 4 saturated carbocycles. The number of carbonyl (C=O) groups excluding carboxylic acids is 2. The van der Waals surface area contributed by atoms with Crippen LogP contribution in [0.1, 0.15) is 64.2 Å². The first kappa shape index (κ1) is 20.8. The number of para-hydroxylation sites is 1. The lowest BCUT2D eigenvalue weighted by Gasteiger charge is -2.56. The Morgan fingerprint density at radius 3 is 2.19 bits per heavy atom. The summed E-state index contributed by atoms with van der Waals surface area (Å²) < 4.78 is 5.69. The van der Waals surface area contributed by atoms with E-state index in [-0.39, 0.29) is 17.4 Å². The number of hydrogen-bond acceptors (Lipinski definition) is 3. The van der Waals surface area contributed by atoms with Crippen LogP contribution in [-0.4, -0.2) is 42.5 Å². The molecule has 1 N–H and O–H groups in total. The third-order valence-electron chi connectivity index (χ3n) is 8.25. The van der Waals surface area contributed by atoms with Gasteiger partial charge in [-0.2, -0.15) is 0 Å². The van der Waals surface area contributed by atoms with Gasteiger partial charge in [-0.1, -0.05) is 18.2 Å². The molecule has 4 bridgehead atoms. The summed E-state index contributed by atoms with van der Waals surface area (Å²) in [6.07, 6.45) is 10.5. The van der Waals surface area contributed by atoms with Gasteiger partial charge >= 0.3 is 0 Å². The fourth-order valence-corrected chi connectivity index (χ4v) is 7.09. The SMILES string of the molecule is O=C(CCCOc1ccccc1)N1CCC(NC(=O)C23CC4CC(CC(C4)C2)C3)CC1. The summed E-state index contributed by atoms with van der Waals surface area (Å²) in [5.41, 5.74) is -0.0690. The van der Waals surface area contributed by atoms with Crippen LogP contribution in [0.3, 0.4) is 0 Å². The van der Waals surface area contributed by atoms with E-state index < -0.39 is 0 Å². The molecule has 31 heavy (non-hydrogen) atoms. The Kier molecular flexibility index (Phi) is 5.94. The standard InChI is InChI=1S/C26H36N2O3/c29-24(7-4-12-31-23-5-2-1-3-6-23)28-10-8-22(9-11-28)27-25(30)26-16-19-13-20(17-26)15-21(14-19)18-26/h1-3,5-6,19-22H,4,7-18H2,(H,27,30). The van der Waals surface area contributed by atoms with Crippen molar-refractivity contribution < 1.29 is 14.3 Å². The molecule has 2 amide bonds. The van der Waals surface area contributed by atoms with E-state index in [1.807, 2.05) is 35.2 Å². The van der Waals surface area contributed by atoms with Crippen molar-refractivity contribution in [2.45, 2.75) is 70.3 Å². The number of amides is 2. The van der Waals surface area contributed by atoms with Gasteiger partial charge < -0.3 is 15.0 Å². The van der Waals surface area contributed by atoms with Crippen LogP contribution in [0.2, 0.25) is 0 Å². The van der Waals surface area contributed by atoms with Gasteiger partial charge in [0, 0.05) is 31.0 Å². The summed E-state index contributed by atoms with van der Waals surface area (Å²) in [5, 5.41) is 3.41. The fraction of sp³-hybridized carbons (Fsp3) is 0.692. The number of carbonyl (C=O) groups is 2. The molecule has 4 aliphatic carbocycles. The summed E-state index contributed by atoms with van der Waals surface area (Å²) in [6, 6.07) is 9.96. The van der Waals surface area contributed by atoms with Crippen LogP contribution >= 0.6 is 0 Å². The molecule has 0 aromatic heterocycles. The molecular formula is C26H36N2O3. The third kappa shape index (κ3) is 4.61. The molecule has 5 fully saturated rings. The smallest absolute Gasteiger partial charge is 0.226 e. The lowest BCUT2D eigenvalue weighted by atomic mass is 9.49. The van der Waals surface area contributed by atoms with E-state index >= 15 is 0 Å². The molecule has 0 spiro atoms. The van der Waals surface area contributed by atoms with Gasteiger partial charge in [-0.15, -0.1) is 0 Å². The van der Waals surface area contributed by atoms with Gasteiger partial charge in [-0.05, 0) is 87.7 Å². The van der Waals surface area contributed by atoms with Crippen LogP contribution in [0.15, 0.2) is 30.3 Å².